The van der Waals surface area contributed by atoms with Crippen molar-refractivity contribution in [3.05, 3.63) is 35.4 Å². The van der Waals surface area contributed by atoms with E-state index in [4.69, 9.17) is 23.2 Å². The molecule has 1 aromatic rings. The maximum atomic E-state index is 5.85. The van der Waals surface area contributed by atoms with E-state index >= 15 is 0 Å². The standard InChI is InChI=1S/C11H14Cl2/c1-2-3-6-9-7-4-5-8-10(9)11(12)13/h4-5,7-8,11H,2-3,6H2,1H3. The fourth-order valence-electron chi connectivity index (χ4n) is 1.34. The van der Waals surface area contributed by atoms with Crippen LogP contribution in [0, 0.1) is 0 Å². The molecule has 0 atom stereocenters. The van der Waals surface area contributed by atoms with Gasteiger partial charge in [-0.05, 0) is 24.0 Å². The smallest absolute Gasteiger partial charge is 0.100 e. The van der Waals surface area contributed by atoms with Gasteiger partial charge in [-0.15, -0.1) is 23.2 Å². The van der Waals surface area contributed by atoms with Crippen molar-refractivity contribution < 1.29 is 0 Å². The summed E-state index contributed by atoms with van der Waals surface area (Å²) < 4.78 is 0. The third-order valence-corrected chi connectivity index (χ3v) is 2.56. The molecule has 0 saturated heterocycles. The van der Waals surface area contributed by atoms with Crippen LogP contribution < -0.4 is 0 Å². The highest BCUT2D eigenvalue weighted by Crippen LogP contribution is 2.28. The topological polar surface area (TPSA) is 0 Å². The summed E-state index contributed by atoms with van der Waals surface area (Å²) in [5.74, 6) is 0. The van der Waals surface area contributed by atoms with Gasteiger partial charge in [-0.25, -0.2) is 0 Å². The van der Waals surface area contributed by atoms with Gasteiger partial charge in [0.1, 0.15) is 4.84 Å². The largest absolute Gasteiger partial charge is 0.133 e. The lowest BCUT2D eigenvalue weighted by Crippen LogP contribution is -1.92. The minimum absolute atomic E-state index is 0.395. The van der Waals surface area contributed by atoms with Crippen LogP contribution in [-0.2, 0) is 6.42 Å². The molecule has 1 rings (SSSR count). The highest BCUT2D eigenvalue weighted by atomic mass is 35.5. The van der Waals surface area contributed by atoms with Crippen LogP contribution in [0.25, 0.3) is 0 Å². The van der Waals surface area contributed by atoms with Crippen LogP contribution in [0.2, 0.25) is 0 Å². The van der Waals surface area contributed by atoms with E-state index in [1.165, 1.54) is 18.4 Å². The second kappa shape index (κ2) is 5.51. The van der Waals surface area contributed by atoms with Crippen molar-refractivity contribution in [2.24, 2.45) is 0 Å². The van der Waals surface area contributed by atoms with Gasteiger partial charge in [0.2, 0.25) is 0 Å². The molecule has 0 saturated carbocycles. The number of benzene rings is 1. The third kappa shape index (κ3) is 3.21. The summed E-state index contributed by atoms with van der Waals surface area (Å²) in [6.07, 6.45) is 3.46. The molecule has 0 radical (unpaired) electrons. The molecule has 0 spiro atoms. The van der Waals surface area contributed by atoms with Gasteiger partial charge < -0.3 is 0 Å². The van der Waals surface area contributed by atoms with Crippen LogP contribution >= 0.6 is 23.2 Å². The molecule has 0 nitrogen and oxygen atoms in total. The van der Waals surface area contributed by atoms with Crippen LogP contribution in [0.4, 0.5) is 0 Å². The van der Waals surface area contributed by atoms with Gasteiger partial charge in [-0.1, -0.05) is 37.6 Å². The SMILES string of the molecule is CCCCc1ccccc1C(Cl)Cl. The molecule has 0 bridgehead atoms. The van der Waals surface area contributed by atoms with Crippen LogP contribution in [-0.4, -0.2) is 0 Å². The highest BCUT2D eigenvalue weighted by molar-refractivity contribution is 6.44. The maximum Gasteiger partial charge on any atom is 0.133 e. The summed E-state index contributed by atoms with van der Waals surface area (Å²) in [5.41, 5.74) is 2.33. The number of hydrogen-bond donors (Lipinski definition) is 0. The van der Waals surface area contributed by atoms with Gasteiger partial charge in [0.25, 0.3) is 0 Å². The first kappa shape index (κ1) is 10.9. The molecule has 0 aliphatic carbocycles. The Hall–Kier alpha value is -0.200. The molecule has 0 aliphatic rings. The zero-order chi connectivity index (χ0) is 9.68. The average Bonchev–Trinajstić information content (AvgIpc) is 2.15. The van der Waals surface area contributed by atoms with E-state index in [9.17, 15) is 0 Å². The summed E-state index contributed by atoms with van der Waals surface area (Å²) in [6.45, 7) is 2.18. The summed E-state index contributed by atoms with van der Waals surface area (Å²) in [4.78, 5) is -0.395. The van der Waals surface area contributed by atoms with E-state index in [2.05, 4.69) is 13.0 Å². The Labute approximate surface area is 89.9 Å². The van der Waals surface area contributed by atoms with Crippen molar-refractivity contribution in [3.63, 3.8) is 0 Å². The normalized spacial score (nSPS) is 10.8. The predicted octanol–water partition coefficient (Wildman–Crippen LogP) is 4.51. The molecule has 0 amide bonds. The molecule has 0 aliphatic heterocycles. The lowest BCUT2D eigenvalue weighted by Gasteiger charge is -2.08. The van der Waals surface area contributed by atoms with E-state index < -0.39 is 4.84 Å². The van der Waals surface area contributed by atoms with E-state index in [-0.39, 0.29) is 0 Å². The van der Waals surface area contributed by atoms with Crippen LogP contribution in [0.15, 0.2) is 24.3 Å². The monoisotopic (exact) mass is 216 g/mol. The van der Waals surface area contributed by atoms with Gasteiger partial charge in [-0.2, -0.15) is 0 Å². The first-order chi connectivity index (χ1) is 6.25. The average molecular weight is 217 g/mol. The molecule has 1 aromatic carbocycles. The summed E-state index contributed by atoms with van der Waals surface area (Å²) >= 11 is 11.7. The first-order valence-corrected chi connectivity index (χ1v) is 5.49. The zero-order valence-corrected chi connectivity index (χ0v) is 9.28. The van der Waals surface area contributed by atoms with Gasteiger partial charge in [0, 0.05) is 0 Å². The molecule has 0 aromatic heterocycles. The molecule has 0 unspecified atom stereocenters. The van der Waals surface area contributed by atoms with Crippen LogP contribution in [0.3, 0.4) is 0 Å². The Morgan fingerprint density at radius 1 is 1.23 bits per heavy atom. The number of halogens is 2. The molecular weight excluding hydrogens is 203 g/mol. The second-order valence-electron chi connectivity index (χ2n) is 3.10. The highest BCUT2D eigenvalue weighted by Gasteiger charge is 2.07. The maximum absolute atomic E-state index is 5.85. The van der Waals surface area contributed by atoms with E-state index in [1.54, 1.807) is 0 Å². The lowest BCUT2D eigenvalue weighted by molar-refractivity contribution is 0.790. The Bertz CT molecular complexity index is 256. The number of rotatable bonds is 4. The minimum Gasteiger partial charge on any atom is -0.100 e. The Morgan fingerprint density at radius 3 is 2.54 bits per heavy atom. The van der Waals surface area contributed by atoms with E-state index in [0.29, 0.717) is 0 Å². The number of hydrogen-bond acceptors (Lipinski definition) is 0. The lowest BCUT2D eigenvalue weighted by atomic mass is 10.0. The van der Waals surface area contributed by atoms with Gasteiger partial charge in [0.05, 0.1) is 0 Å². The molecule has 0 heterocycles. The summed E-state index contributed by atoms with van der Waals surface area (Å²) in [6, 6.07) is 8.10. The Morgan fingerprint density at radius 2 is 1.92 bits per heavy atom. The Kier molecular flexibility index (Phi) is 4.61. The van der Waals surface area contributed by atoms with E-state index in [1.807, 2.05) is 18.2 Å². The van der Waals surface area contributed by atoms with E-state index in [0.717, 1.165) is 12.0 Å². The molecule has 13 heavy (non-hydrogen) atoms. The second-order valence-corrected chi connectivity index (χ2v) is 4.20. The molecular formula is C11H14Cl2. The number of aryl methyl sites for hydroxylation is 1. The zero-order valence-electron chi connectivity index (χ0n) is 7.76. The van der Waals surface area contributed by atoms with Gasteiger partial charge >= 0.3 is 0 Å². The van der Waals surface area contributed by atoms with Gasteiger partial charge in [0.15, 0.2) is 0 Å². The Balaban J connectivity index is 2.78. The fraction of sp³-hybridized carbons (Fsp3) is 0.455. The molecule has 0 N–H and O–H groups in total. The fourth-order valence-corrected chi connectivity index (χ4v) is 1.77. The van der Waals surface area contributed by atoms with Crippen molar-refractivity contribution in [2.75, 3.05) is 0 Å². The minimum atomic E-state index is -0.395. The first-order valence-electron chi connectivity index (χ1n) is 4.61. The van der Waals surface area contributed by atoms with Crippen LogP contribution in [0.5, 0.6) is 0 Å². The third-order valence-electron chi connectivity index (χ3n) is 2.09. The predicted molar refractivity (Wildman–Crippen MR) is 59.5 cm³/mol. The van der Waals surface area contributed by atoms with Crippen molar-refractivity contribution in [2.45, 2.75) is 31.0 Å². The molecule has 72 valence electrons. The summed E-state index contributed by atoms with van der Waals surface area (Å²) in [5, 5.41) is 0. The molecule has 0 fully saturated rings. The van der Waals surface area contributed by atoms with Crippen molar-refractivity contribution in [1.29, 1.82) is 0 Å². The van der Waals surface area contributed by atoms with Crippen LogP contribution in [0.1, 0.15) is 35.7 Å². The summed E-state index contributed by atoms with van der Waals surface area (Å²) in [7, 11) is 0. The number of alkyl halides is 2. The van der Waals surface area contributed by atoms with Crippen molar-refractivity contribution >= 4 is 23.2 Å². The molecule has 2 heteroatoms. The van der Waals surface area contributed by atoms with Crippen molar-refractivity contribution in [3.8, 4) is 0 Å². The quantitative estimate of drug-likeness (QED) is 0.651. The van der Waals surface area contributed by atoms with Gasteiger partial charge in [-0.3, -0.25) is 0 Å². The number of unbranched alkanes of at least 4 members (excludes halogenated alkanes) is 1. The van der Waals surface area contributed by atoms with Crippen molar-refractivity contribution in [1.82, 2.24) is 0 Å².